The summed E-state index contributed by atoms with van der Waals surface area (Å²) in [6, 6.07) is 0. The van der Waals surface area contributed by atoms with E-state index in [0.29, 0.717) is 5.92 Å². The van der Waals surface area contributed by atoms with E-state index in [1.54, 1.807) is 0 Å². The van der Waals surface area contributed by atoms with Crippen molar-refractivity contribution in [2.75, 3.05) is 19.6 Å². The largest absolute Gasteiger partial charge is 0.312 e. The molecule has 0 amide bonds. The van der Waals surface area contributed by atoms with Gasteiger partial charge in [-0.3, -0.25) is 4.90 Å². The van der Waals surface area contributed by atoms with Crippen LogP contribution in [-0.2, 0) is 19.5 Å². The van der Waals surface area contributed by atoms with E-state index in [4.69, 9.17) is 4.98 Å². The van der Waals surface area contributed by atoms with Crippen LogP contribution in [0.3, 0.4) is 0 Å². The average Bonchev–Trinajstić information content (AvgIpc) is 2.77. The van der Waals surface area contributed by atoms with Gasteiger partial charge in [-0.05, 0) is 32.0 Å². The summed E-state index contributed by atoms with van der Waals surface area (Å²) in [4.78, 5) is 8.64. The Kier molecular flexibility index (Phi) is 7.57. The Balaban J connectivity index is 2.62. The molecule has 1 N–H and O–H groups in total. The van der Waals surface area contributed by atoms with E-state index in [2.05, 4.69) is 44.8 Å². The number of hydrogen-bond acceptors (Lipinski definition) is 4. The van der Waals surface area contributed by atoms with Crippen molar-refractivity contribution in [1.82, 2.24) is 15.2 Å². The summed E-state index contributed by atoms with van der Waals surface area (Å²) in [6.45, 7) is 16.3. The fourth-order valence-electron chi connectivity index (χ4n) is 2.03. The number of thiazole rings is 1. The highest BCUT2D eigenvalue weighted by Crippen LogP contribution is 2.20. The Labute approximate surface area is 122 Å². The molecule has 1 rings (SSSR count). The number of rotatable bonds is 9. The topological polar surface area (TPSA) is 28.2 Å². The zero-order valence-electron chi connectivity index (χ0n) is 13.1. The first kappa shape index (κ1) is 16.6. The average molecular weight is 283 g/mol. The van der Waals surface area contributed by atoms with Crippen LogP contribution in [0.4, 0.5) is 0 Å². The van der Waals surface area contributed by atoms with E-state index in [0.717, 1.165) is 39.1 Å². The Morgan fingerprint density at radius 2 is 1.89 bits per heavy atom. The minimum atomic E-state index is 0.702. The van der Waals surface area contributed by atoms with E-state index in [-0.39, 0.29) is 0 Å². The Morgan fingerprint density at radius 1 is 1.21 bits per heavy atom. The van der Waals surface area contributed by atoms with E-state index >= 15 is 0 Å². The van der Waals surface area contributed by atoms with Gasteiger partial charge < -0.3 is 5.32 Å². The molecule has 110 valence electrons. The van der Waals surface area contributed by atoms with Crippen molar-refractivity contribution >= 4 is 11.3 Å². The van der Waals surface area contributed by atoms with Crippen molar-refractivity contribution in [3.63, 3.8) is 0 Å². The van der Waals surface area contributed by atoms with Crippen LogP contribution in [0.1, 0.15) is 50.2 Å². The molecule has 1 aromatic rings. The van der Waals surface area contributed by atoms with Crippen LogP contribution < -0.4 is 5.32 Å². The molecular formula is C15H29N3S. The summed E-state index contributed by atoms with van der Waals surface area (Å²) in [7, 11) is 0. The monoisotopic (exact) mass is 283 g/mol. The molecule has 1 aromatic heterocycles. The smallest absolute Gasteiger partial charge is 0.107 e. The molecular weight excluding hydrogens is 254 g/mol. The van der Waals surface area contributed by atoms with Gasteiger partial charge in [0.25, 0.3) is 0 Å². The maximum atomic E-state index is 4.80. The van der Waals surface area contributed by atoms with Crippen LogP contribution in [0.25, 0.3) is 0 Å². The first-order valence-electron chi connectivity index (χ1n) is 7.51. The first-order valence-corrected chi connectivity index (χ1v) is 8.32. The van der Waals surface area contributed by atoms with Gasteiger partial charge in [0.05, 0.1) is 12.2 Å². The third-order valence-corrected chi connectivity index (χ3v) is 4.33. The van der Waals surface area contributed by atoms with Crippen molar-refractivity contribution in [3.8, 4) is 0 Å². The summed E-state index contributed by atoms with van der Waals surface area (Å²) in [5.74, 6) is 0.702. The molecule has 0 saturated heterocycles. The standard InChI is InChI=1S/C15H29N3S/c1-6-13-14(10-16-9-12(4)5)19-15(17-13)11-18(7-2)8-3/h12,16H,6-11H2,1-5H3. The predicted octanol–water partition coefficient (Wildman–Crippen LogP) is 3.29. The molecule has 4 heteroatoms. The van der Waals surface area contributed by atoms with Gasteiger partial charge in [-0.2, -0.15) is 0 Å². The molecule has 19 heavy (non-hydrogen) atoms. The van der Waals surface area contributed by atoms with Gasteiger partial charge in [0, 0.05) is 11.4 Å². The molecule has 0 spiro atoms. The van der Waals surface area contributed by atoms with E-state index in [1.807, 2.05) is 11.3 Å². The van der Waals surface area contributed by atoms with Crippen LogP contribution in [0.2, 0.25) is 0 Å². The molecule has 0 bridgehead atoms. The number of aryl methyl sites for hydroxylation is 1. The highest BCUT2D eigenvalue weighted by Gasteiger charge is 2.11. The molecule has 0 aliphatic heterocycles. The molecule has 0 fully saturated rings. The van der Waals surface area contributed by atoms with Crippen LogP contribution in [0.5, 0.6) is 0 Å². The molecule has 0 radical (unpaired) electrons. The van der Waals surface area contributed by atoms with Gasteiger partial charge >= 0.3 is 0 Å². The van der Waals surface area contributed by atoms with Crippen molar-refractivity contribution in [2.24, 2.45) is 5.92 Å². The Morgan fingerprint density at radius 3 is 2.42 bits per heavy atom. The maximum absolute atomic E-state index is 4.80. The van der Waals surface area contributed by atoms with Crippen molar-refractivity contribution in [1.29, 1.82) is 0 Å². The maximum Gasteiger partial charge on any atom is 0.107 e. The molecule has 0 aromatic carbocycles. The van der Waals surface area contributed by atoms with Gasteiger partial charge in [0.1, 0.15) is 5.01 Å². The lowest BCUT2D eigenvalue weighted by atomic mass is 10.2. The quantitative estimate of drug-likeness (QED) is 0.754. The van der Waals surface area contributed by atoms with Gasteiger partial charge in [0.15, 0.2) is 0 Å². The van der Waals surface area contributed by atoms with E-state index < -0.39 is 0 Å². The Hall–Kier alpha value is -0.450. The second-order valence-corrected chi connectivity index (χ2v) is 6.49. The zero-order valence-corrected chi connectivity index (χ0v) is 13.9. The third kappa shape index (κ3) is 5.59. The van der Waals surface area contributed by atoms with Crippen molar-refractivity contribution in [2.45, 2.75) is 54.1 Å². The highest BCUT2D eigenvalue weighted by molar-refractivity contribution is 7.11. The normalized spacial score (nSPS) is 11.7. The lowest BCUT2D eigenvalue weighted by Crippen LogP contribution is -2.21. The molecule has 0 atom stereocenters. The van der Waals surface area contributed by atoms with Crippen molar-refractivity contribution < 1.29 is 0 Å². The fourth-order valence-corrected chi connectivity index (χ4v) is 3.20. The summed E-state index contributed by atoms with van der Waals surface area (Å²) < 4.78 is 0. The van der Waals surface area contributed by atoms with Crippen LogP contribution in [-0.4, -0.2) is 29.5 Å². The summed E-state index contributed by atoms with van der Waals surface area (Å²) in [5, 5.41) is 4.79. The highest BCUT2D eigenvalue weighted by atomic mass is 32.1. The minimum Gasteiger partial charge on any atom is -0.312 e. The number of nitrogens with one attached hydrogen (secondary N) is 1. The molecule has 0 unspecified atom stereocenters. The van der Waals surface area contributed by atoms with E-state index in [9.17, 15) is 0 Å². The Bertz CT molecular complexity index is 356. The third-order valence-electron chi connectivity index (χ3n) is 3.25. The fraction of sp³-hybridized carbons (Fsp3) is 0.800. The number of aromatic nitrogens is 1. The molecule has 1 heterocycles. The van der Waals surface area contributed by atoms with Crippen LogP contribution >= 0.6 is 11.3 Å². The molecule has 0 aliphatic rings. The van der Waals surface area contributed by atoms with Gasteiger partial charge in [-0.1, -0.05) is 34.6 Å². The lowest BCUT2D eigenvalue weighted by molar-refractivity contribution is 0.295. The first-order chi connectivity index (χ1) is 9.10. The van der Waals surface area contributed by atoms with Gasteiger partial charge in [-0.25, -0.2) is 4.98 Å². The minimum absolute atomic E-state index is 0.702. The summed E-state index contributed by atoms with van der Waals surface area (Å²) in [6.07, 6.45) is 1.04. The van der Waals surface area contributed by atoms with Crippen LogP contribution in [0, 0.1) is 5.92 Å². The van der Waals surface area contributed by atoms with Gasteiger partial charge in [0.2, 0.25) is 0 Å². The molecule has 0 saturated carbocycles. The predicted molar refractivity (Wildman–Crippen MR) is 84.7 cm³/mol. The number of hydrogen-bond donors (Lipinski definition) is 1. The van der Waals surface area contributed by atoms with Crippen molar-refractivity contribution in [3.05, 3.63) is 15.6 Å². The van der Waals surface area contributed by atoms with E-state index in [1.165, 1.54) is 15.6 Å². The second kappa shape index (κ2) is 8.67. The summed E-state index contributed by atoms with van der Waals surface area (Å²) >= 11 is 1.88. The van der Waals surface area contributed by atoms with Crippen LogP contribution in [0.15, 0.2) is 0 Å². The second-order valence-electron chi connectivity index (χ2n) is 5.32. The molecule has 0 aliphatic carbocycles. The SMILES string of the molecule is CCc1nc(CN(CC)CC)sc1CNCC(C)C. The lowest BCUT2D eigenvalue weighted by Gasteiger charge is -2.15. The molecule has 3 nitrogen and oxygen atoms in total. The number of nitrogens with zero attached hydrogens (tertiary/aromatic N) is 2. The van der Waals surface area contributed by atoms with Gasteiger partial charge in [-0.15, -0.1) is 11.3 Å². The zero-order chi connectivity index (χ0) is 14.3. The summed E-state index contributed by atoms with van der Waals surface area (Å²) in [5.41, 5.74) is 1.28.